The summed E-state index contributed by atoms with van der Waals surface area (Å²) in [5, 5.41) is 11.7. The van der Waals surface area contributed by atoms with Crippen LogP contribution in [-0.2, 0) is 19.1 Å². The highest BCUT2D eigenvalue weighted by Crippen LogP contribution is 2.47. The molecular formula is C18H19N3O4S. The van der Waals surface area contributed by atoms with Crippen LogP contribution in [0.15, 0.2) is 24.3 Å². The summed E-state index contributed by atoms with van der Waals surface area (Å²) in [7, 11) is 0. The van der Waals surface area contributed by atoms with Crippen molar-refractivity contribution in [3.05, 3.63) is 29.8 Å². The quantitative estimate of drug-likeness (QED) is 0.809. The average molecular weight is 373 g/mol. The number of carbonyl (C=O) groups excluding carboxylic acids is 3. The first kappa shape index (κ1) is 18.3. The minimum absolute atomic E-state index is 0.0560. The van der Waals surface area contributed by atoms with Crippen molar-refractivity contribution >= 4 is 35.2 Å². The Labute approximate surface area is 155 Å². The fourth-order valence-corrected chi connectivity index (χ4v) is 4.64. The molecule has 7 nitrogen and oxygen atoms in total. The first-order valence-electron chi connectivity index (χ1n) is 8.32. The Morgan fingerprint density at radius 3 is 2.92 bits per heavy atom. The van der Waals surface area contributed by atoms with Gasteiger partial charge in [0.05, 0.1) is 16.1 Å². The number of fused-ring (bicyclic) bond motifs is 1. The summed E-state index contributed by atoms with van der Waals surface area (Å²) in [4.78, 5) is 38.1. The van der Waals surface area contributed by atoms with Crippen LogP contribution in [0.5, 0.6) is 0 Å². The number of hydrogen-bond donors (Lipinski definition) is 1. The number of amides is 2. The SMILES string of the molecule is C[C@@H](OC(=O)[C@@H]1CS[C@@]2(C)CCC(=O)N12)C(=O)Nc1ccccc1C#N. The Morgan fingerprint density at radius 1 is 1.46 bits per heavy atom. The van der Waals surface area contributed by atoms with E-state index in [2.05, 4.69) is 5.32 Å². The van der Waals surface area contributed by atoms with Crippen LogP contribution in [0, 0.1) is 11.3 Å². The molecule has 2 saturated heterocycles. The van der Waals surface area contributed by atoms with Gasteiger partial charge in [0.1, 0.15) is 12.1 Å². The molecule has 8 heteroatoms. The topological polar surface area (TPSA) is 99.5 Å². The summed E-state index contributed by atoms with van der Waals surface area (Å²) < 4.78 is 5.30. The van der Waals surface area contributed by atoms with Crippen molar-refractivity contribution in [3.8, 4) is 6.07 Å². The lowest BCUT2D eigenvalue weighted by Crippen LogP contribution is -2.48. The molecule has 0 aliphatic carbocycles. The number of carbonyl (C=O) groups is 3. The molecule has 1 N–H and O–H groups in total. The van der Waals surface area contributed by atoms with Crippen molar-refractivity contribution in [2.75, 3.05) is 11.1 Å². The molecule has 136 valence electrons. The van der Waals surface area contributed by atoms with Crippen molar-refractivity contribution in [1.82, 2.24) is 4.90 Å². The van der Waals surface area contributed by atoms with E-state index in [9.17, 15) is 14.4 Å². The number of esters is 1. The molecule has 1 aromatic rings. The van der Waals surface area contributed by atoms with Crippen LogP contribution < -0.4 is 5.32 Å². The van der Waals surface area contributed by atoms with Crippen molar-refractivity contribution in [2.24, 2.45) is 0 Å². The zero-order valence-electron chi connectivity index (χ0n) is 14.5. The summed E-state index contributed by atoms with van der Waals surface area (Å²) in [5.41, 5.74) is 0.687. The average Bonchev–Trinajstić information content (AvgIpc) is 3.11. The molecule has 0 saturated carbocycles. The number of nitrogens with zero attached hydrogens (tertiary/aromatic N) is 2. The van der Waals surface area contributed by atoms with Gasteiger partial charge in [-0.25, -0.2) is 4.79 Å². The molecule has 0 aromatic heterocycles. The van der Waals surface area contributed by atoms with Gasteiger partial charge in [-0.05, 0) is 32.4 Å². The minimum Gasteiger partial charge on any atom is -0.451 e. The standard InChI is InChI=1S/C18H19N3O4S/c1-11(16(23)20-13-6-4-3-5-12(13)9-19)25-17(24)14-10-26-18(2)8-7-15(22)21(14)18/h3-6,11,14H,7-8,10H2,1-2H3,(H,20,23)/t11-,14+,18+/m1/s1. The number of ether oxygens (including phenoxy) is 1. The largest absolute Gasteiger partial charge is 0.451 e. The van der Waals surface area contributed by atoms with Gasteiger partial charge in [0, 0.05) is 12.2 Å². The van der Waals surface area contributed by atoms with Gasteiger partial charge in [0.25, 0.3) is 5.91 Å². The molecule has 0 radical (unpaired) electrons. The van der Waals surface area contributed by atoms with Crippen LogP contribution in [0.3, 0.4) is 0 Å². The van der Waals surface area contributed by atoms with Crippen LogP contribution in [0.4, 0.5) is 5.69 Å². The number of hydrogen-bond acceptors (Lipinski definition) is 6. The second-order valence-electron chi connectivity index (χ2n) is 6.49. The van der Waals surface area contributed by atoms with Crippen LogP contribution >= 0.6 is 11.8 Å². The van der Waals surface area contributed by atoms with Gasteiger partial charge in [0.2, 0.25) is 5.91 Å². The van der Waals surface area contributed by atoms with E-state index >= 15 is 0 Å². The molecule has 26 heavy (non-hydrogen) atoms. The van der Waals surface area contributed by atoms with Crippen LogP contribution in [0.2, 0.25) is 0 Å². The van der Waals surface area contributed by atoms with Gasteiger partial charge in [-0.1, -0.05) is 12.1 Å². The molecular weight excluding hydrogens is 354 g/mol. The molecule has 0 bridgehead atoms. The maximum Gasteiger partial charge on any atom is 0.330 e. The number of rotatable bonds is 4. The molecule has 3 atom stereocenters. The van der Waals surface area contributed by atoms with Crippen molar-refractivity contribution in [2.45, 2.75) is 43.7 Å². The normalized spacial score (nSPS) is 25.3. The molecule has 2 amide bonds. The first-order chi connectivity index (χ1) is 12.4. The molecule has 3 rings (SSSR count). The summed E-state index contributed by atoms with van der Waals surface area (Å²) in [6.07, 6.45) is 0.0963. The number of nitriles is 1. The number of nitrogens with one attached hydrogen (secondary N) is 1. The molecule has 2 aliphatic heterocycles. The summed E-state index contributed by atoms with van der Waals surface area (Å²) in [6, 6.07) is 7.91. The third-order valence-corrected chi connectivity index (χ3v) is 6.19. The van der Waals surface area contributed by atoms with E-state index in [0.717, 1.165) is 0 Å². The monoisotopic (exact) mass is 373 g/mol. The van der Waals surface area contributed by atoms with Crippen molar-refractivity contribution < 1.29 is 19.1 Å². The predicted molar refractivity (Wildman–Crippen MR) is 96.1 cm³/mol. The summed E-state index contributed by atoms with van der Waals surface area (Å²) in [5.74, 6) is -0.693. The van der Waals surface area contributed by atoms with E-state index in [0.29, 0.717) is 29.8 Å². The molecule has 0 spiro atoms. The molecule has 2 aliphatic rings. The van der Waals surface area contributed by atoms with E-state index in [1.54, 1.807) is 40.9 Å². The smallest absolute Gasteiger partial charge is 0.330 e. The lowest BCUT2D eigenvalue weighted by atomic mass is 10.2. The van der Waals surface area contributed by atoms with Gasteiger partial charge < -0.3 is 15.0 Å². The second-order valence-corrected chi connectivity index (χ2v) is 7.99. The number of benzene rings is 1. The van der Waals surface area contributed by atoms with E-state index in [-0.39, 0.29) is 10.8 Å². The fourth-order valence-electron chi connectivity index (χ4n) is 3.23. The van der Waals surface area contributed by atoms with Gasteiger partial charge in [0.15, 0.2) is 6.10 Å². The Kier molecular flexibility index (Phi) is 4.92. The summed E-state index contributed by atoms with van der Waals surface area (Å²) in [6.45, 7) is 3.42. The maximum atomic E-state index is 12.5. The lowest BCUT2D eigenvalue weighted by molar-refractivity contribution is -0.160. The molecule has 1 aromatic carbocycles. The van der Waals surface area contributed by atoms with Gasteiger partial charge in [-0.2, -0.15) is 5.26 Å². The highest BCUT2D eigenvalue weighted by atomic mass is 32.2. The molecule has 0 unspecified atom stereocenters. The third kappa shape index (κ3) is 3.27. The van der Waals surface area contributed by atoms with Gasteiger partial charge in [-0.15, -0.1) is 11.8 Å². The second kappa shape index (κ2) is 7.00. The molecule has 2 fully saturated rings. The van der Waals surface area contributed by atoms with E-state index < -0.39 is 24.0 Å². The zero-order valence-corrected chi connectivity index (χ0v) is 15.3. The van der Waals surface area contributed by atoms with Crippen molar-refractivity contribution in [3.63, 3.8) is 0 Å². The number of thioether (sulfide) groups is 1. The van der Waals surface area contributed by atoms with Crippen LogP contribution in [0.25, 0.3) is 0 Å². The Hall–Kier alpha value is -2.53. The van der Waals surface area contributed by atoms with Crippen LogP contribution in [0.1, 0.15) is 32.3 Å². The first-order valence-corrected chi connectivity index (χ1v) is 9.31. The lowest BCUT2D eigenvalue weighted by Gasteiger charge is -2.29. The predicted octanol–water partition coefficient (Wildman–Crippen LogP) is 1.88. The Balaban J connectivity index is 1.63. The number of para-hydroxylation sites is 1. The van der Waals surface area contributed by atoms with Gasteiger partial charge in [-0.3, -0.25) is 9.59 Å². The minimum atomic E-state index is -1.04. The van der Waals surface area contributed by atoms with E-state index in [1.807, 2.05) is 13.0 Å². The molecule has 2 heterocycles. The van der Waals surface area contributed by atoms with Gasteiger partial charge >= 0.3 is 5.97 Å². The summed E-state index contributed by atoms with van der Waals surface area (Å²) >= 11 is 1.57. The highest BCUT2D eigenvalue weighted by molar-refractivity contribution is 8.01. The highest BCUT2D eigenvalue weighted by Gasteiger charge is 2.53. The maximum absolute atomic E-state index is 12.5. The number of anilines is 1. The van der Waals surface area contributed by atoms with Crippen LogP contribution in [-0.4, -0.2) is 45.5 Å². The van der Waals surface area contributed by atoms with Crippen molar-refractivity contribution in [1.29, 1.82) is 5.26 Å². The fraction of sp³-hybridized carbons (Fsp3) is 0.444. The van der Waals surface area contributed by atoms with E-state index in [4.69, 9.17) is 10.00 Å². The Bertz CT molecular complexity index is 806. The zero-order chi connectivity index (χ0) is 18.9. The van der Waals surface area contributed by atoms with E-state index in [1.165, 1.54) is 6.92 Å². The third-order valence-electron chi connectivity index (χ3n) is 4.68. The Morgan fingerprint density at radius 2 is 2.19 bits per heavy atom.